The zero-order chi connectivity index (χ0) is 15.2. The molecule has 110 valence electrons. The zero-order valence-electron chi connectivity index (χ0n) is 11.8. The molecule has 1 aromatic carbocycles. The number of rotatable bonds is 5. The third-order valence-electron chi connectivity index (χ3n) is 3.05. The molecule has 5 heteroatoms. The quantitative estimate of drug-likeness (QED) is 0.833. The first-order valence-electron chi connectivity index (χ1n) is 6.81. The Bertz CT molecular complexity index is 644. The van der Waals surface area contributed by atoms with E-state index in [-0.39, 0.29) is 18.2 Å². The minimum atomic E-state index is -0.236. The van der Waals surface area contributed by atoms with E-state index in [9.17, 15) is 9.90 Å². The lowest BCUT2D eigenvalue weighted by Crippen LogP contribution is -2.23. The molecule has 0 atom stereocenters. The van der Waals surface area contributed by atoms with Crippen LogP contribution in [0.1, 0.15) is 35.0 Å². The summed E-state index contributed by atoms with van der Waals surface area (Å²) in [5, 5.41) is 12.8. The lowest BCUT2D eigenvalue weighted by atomic mass is 10.1. The van der Waals surface area contributed by atoms with E-state index in [0.29, 0.717) is 16.3 Å². The number of hydrogen-bond acceptors (Lipinski definition) is 3. The van der Waals surface area contributed by atoms with Crippen LogP contribution >= 0.6 is 11.6 Å². The van der Waals surface area contributed by atoms with Gasteiger partial charge in [-0.25, -0.2) is 4.98 Å². The number of para-hydroxylation sites is 1. The number of carbonyl (C=O) groups excluding carboxylic acids is 1. The molecule has 0 spiro atoms. The van der Waals surface area contributed by atoms with Gasteiger partial charge in [-0.15, -0.1) is 0 Å². The van der Waals surface area contributed by atoms with Gasteiger partial charge >= 0.3 is 0 Å². The Morgan fingerprint density at radius 1 is 1.33 bits per heavy atom. The predicted octanol–water partition coefficient (Wildman–Crippen LogP) is 3.32. The first kappa shape index (κ1) is 15.3. The van der Waals surface area contributed by atoms with Crippen molar-refractivity contribution < 1.29 is 9.90 Å². The standard InChI is InChI=1S/C16H17ClN2O2/c1-2-5-13-8-12(9-15(17)19-13)16(21)18-10-11-6-3-4-7-14(11)20/h3-4,6-9,20H,2,5,10H2,1H3,(H,18,21). The number of nitrogens with one attached hydrogen (secondary N) is 1. The Labute approximate surface area is 128 Å². The second kappa shape index (κ2) is 7.09. The molecule has 0 aliphatic rings. The Morgan fingerprint density at radius 3 is 2.81 bits per heavy atom. The fourth-order valence-electron chi connectivity index (χ4n) is 2.00. The molecule has 0 aliphatic carbocycles. The van der Waals surface area contributed by atoms with Crippen molar-refractivity contribution in [3.05, 3.63) is 58.4 Å². The van der Waals surface area contributed by atoms with Gasteiger partial charge in [0.15, 0.2) is 0 Å². The second-order valence-electron chi connectivity index (χ2n) is 4.73. The van der Waals surface area contributed by atoms with Crippen LogP contribution in [0.5, 0.6) is 5.75 Å². The highest BCUT2D eigenvalue weighted by atomic mass is 35.5. The summed E-state index contributed by atoms with van der Waals surface area (Å²) in [7, 11) is 0. The molecule has 0 fully saturated rings. The van der Waals surface area contributed by atoms with Crippen molar-refractivity contribution in [3.63, 3.8) is 0 Å². The number of aromatic nitrogens is 1. The predicted molar refractivity (Wildman–Crippen MR) is 82.5 cm³/mol. The number of pyridine rings is 1. The average molecular weight is 305 g/mol. The number of nitrogens with zero attached hydrogens (tertiary/aromatic N) is 1. The first-order valence-corrected chi connectivity index (χ1v) is 7.19. The van der Waals surface area contributed by atoms with Crippen LogP contribution in [0.15, 0.2) is 36.4 Å². The average Bonchev–Trinajstić information content (AvgIpc) is 2.46. The Hall–Kier alpha value is -2.07. The van der Waals surface area contributed by atoms with Crippen molar-refractivity contribution in [3.8, 4) is 5.75 Å². The fourth-order valence-corrected chi connectivity index (χ4v) is 2.23. The zero-order valence-corrected chi connectivity index (χ0v) is 12.5. The van der Waals surface area contributed by atoms with Crippen molar-refractivity contribution in [1.29, 1.82) is 0 Å². The van der Waals surface area contributed by atoms with Gasteiger partial charge in [-0.1, -0.05) is 43.1 Å². The van der Waals surface area contributed by atoms with Crippen molar-refractivity contribution in [1.82, 2.24) is 10.3 Å². The van der Waals surface area contributed by atoms with E-state index < -0.39 is 0 Å². The molecule has 21 heavy (non-hydrogen) atoms. The maximum atomic E-state index is 12.2. The van der Waals surface area contributed by atoms with Gasteiger partial charge in [0.05, 0.1) is 0 Å². The highest BCUT2D eigenvalue weighted by Crippen LogP contribution is 2.16. The van der Waals surface area contributed by atoms with Gasteiger partial charge in [-0.05, 0) is 24.6 Å². The van der Waals surface area contributed by atoms with Gasteiger partial charge in [0.1, 0.15) is 10.9 Å². The number of benzene rings is 1. The van der Waals surface area contributed by atoms with Crippen LogP contribution in [0.25, 0.3) is 0 Å². The van der Waals surface area contributed by atoms with Gasteiger partial charge in [-0.3, -0.25) is 4.79 Å². The lowest BCUT2D eigenvalue weighted by molar-refractivity contribution is 0.0950. The molecule has 0 aliphatic heterocycles. The lowest BCUT2D eigenvalue weighted by Gasteiger charge is -2.08. The number of carbonyl (C=O) groups is 1. The SMILES string of the molecule is CCCc1cc(C(=O)NCc2ccccc2O)cc(Cl)n1. The van der Waals surface area contributed by atoms with Gasteiger partial charge in [-0.2, -0.15) is 0 Å². The van der Waals surface area contributed by atoms with Gasteiger partial charge < -0.3 is 10.4 Å². The summed E-state index contributed by atoms with van der Waals surface area (Å²) in [4.78, 5) is 16.3. The van der Waals surface area contributed by atoms with Crippen molar-refractivity contribution in [2.45, 2.75) is 26.3 Å². The molecular formula is C16H17ClN2O2. The number of amides is 1. The van der Waals surface area contributed by atoms with Crippen molar-refractivity contribution >= 4 is 17.5 Å². The molecule has 1 amide bonds. The van der Waals surface area contributed by atoms with E-state index in [1.807, 2.05) is 13.0 Å². The summed E-state index contributed by atoms with van der Waals surface area (Å²) in [6.07, 6.45) is 1.71. The minimum absolute atomic E-state index is 0.164. The molecule has 1 heterocycles. The molecule has 2 N–H and O–H groups in total. The monoisotopic (exact) mass is 304 g/mol. The van der Waals surface area contributed by atoms with Crippen LogP contribution < -0.4 is 5.32 Å². The van der Waals surface area contributed by atoms with Gasteiger partial charge in [0.2, 0.25) is 0 Å². The maximum Gasteiger partial charge on any atom is 0.251 e. The number of phenolic OH excluding ortho intramolecular Hbond substituents is 1. The molecule has 0 saturated carbocycles. The molecule has 0 unspecified atom stereocenters. The summed E-state index contributed by atoms with van der Waals surface area (Å²) in [5.41, 5.74) is 1.95. The molecule has 2 aromatic rings. The highest BCUT2D eigenvalue weighted by molar-refractivity contribution is 6.29. The van der Waals surface area contributed by atoms with Crippen LogP contribution in [0.2, 0.25) is 5.15 Å². The first-order chi connectivity index (χ1) is 10.1. The van der Waals surface area contributed by atoms with E-state index in [1.165, 1.54) is 0 Å². The normalized spacial score (nSPS) is 10.4. The van der Waals surface area contributed by atoms with E-state index in [4.69, 9.17) is 11.6 Å². The van der Waals surface area contributed by atoms with Crippen LogP contribution in [-0.2, 0) is 13.0 Å². The summed E-state index contributed by atoms with van der Waals surface area (Å²) in [6, 6.07) is 10.2. The third-order valence-corrected chi connectivity index (χ3v) is 3.24. The van der Waals surface area contributed by atoms with E-state index >= 15 is 0 Å². The second-order valence-corrected chi connectivity index (χ2v) is 5.12. The van der Waals surface area contributed by atoms with Crippen LogP contribution in [0.3, 0.4) is 0 Å². The molecule has 0 radical (unpaired) electrons. The largest absolute Gasteiger partial charge is 0.508 e. The summed E-state index contributed by atoms with van der Waals surface area (Å²) in [6.45, 7) is 2.30. The number of phenols is 1. The van der Waals surface area contributed by atoms with E-state index in [1.54, 1.807) is 30.3 Å². The van der Waals surface area contributed by atoms with Crippen LogP contribution in [0, 0.1) is 0 Å². The summed E-state index contributed by atoms with van der Waals surface area (Å²) >= 11 is 5.94. The highest BCUT2D eigenvalue weighted by Gasteiger charge is 2.10. The van der Waals surface area contributed by atoms with Crippen LogP contribution in [-0.4, -0.2) is 16.0 Å². The third kappa shape index (κ3) is 4.20. The van der Waals surface area contributed by atoms with Gasteiger partial charge in [0.25, 0.3) is 5.91 Å². The molecular weight excluding hydrogens is 288 g/mol. The number of hydrogen-bond donors (Lipinski definition) is 2. The van der Waals surface area contributed by atoms with Crippen molar-refractivity contribution in [2.24, 2.45) is 0 Å². The Kier molecular flexibility index (Phi) is 5.17. The molecule has 0 saturated heterocycles. The smallest absolute Gasteiger partial charge is 0.251 e. The minimum Gasteiger partial charge on any atom is -0.508 e. The fraction of sp³-hybridized carbons (Fsp3) is 0.250. The van der Waals surface area contributed by atoms with Crippen molar-refractivity contribution in [2.75, 3.05) is 0 Å². The number of aryl methyl sites for hydroxylation is 1. The van der Waals surface area contributed by atoms with Gasteiger partial charge in [0, 0.05) is 23.4 Å². The summed E-state index contributed by atoms with van der Waals surface area (Å²) < 4.78 is 0. The Balaban J connectivity index is 2.08. The molecule has 2 rings (SSSR count). The topological polar surface area (TPSA) is 62.2 Å². The van der Waals surface area contributed by atoms with Crippen LogP contribution in [0.4, 0.5) is 0 Å². The number of halogens is 1. The maximum absolute atomic E-state index is 12.2. The van der Waals surface area contributed by atoms with E-state index in [0.717, 1.165) is 18.5 Å². The molecule has 1 aromatic heterocycles. The molecule has 0 bridgehead atoms. The summed E-state index contributed by atoms with van der Waals surface area (Å²) in [5.74, 6) is -0.0721. The number of aromatic hydroxyl groups is 1. The molecule has 4 nitrogen and oxygen atoms in total. The Morgan fingerprint density at radius 2 is 2.10 bits per heavy atom. The van der Waals surface area contributed by atoms with E-state index in [2.05, 4.69) is 10.3 Å².